The monoisotopic (exact) mass is 318 g/mol. The summed E-state index contributed by atoms with van der Waals surface area (Å²) in [6.07, 6.45) is 3.31. The number of hydrogen-bond acceptors (Lipinski definition) is 4. The second kappa shape index (κ2) is 6.44. The minimum atomic E-state index is -0.955. The molecule has 2 fully saturated rings. The van der Waals surface area contributed by atoms with E-state index in [-0.39, 0.29) is 17.6 Å². The average Bonchev–Trinajstić information content (AvgIpc) is 2.95. The standard InChI is InChI=1S/C16H22N4O3/c1-2-18-10-11-20(16(18)23)12-5-8-19(9-6-12)14-13(15(21)22)4-3-7-17-14/h3-4,7,12H,2,5-6,8-11H2,1H3,(H,21,22). The van der Waals surface area contributed by atoms with E-state index >= 15 is 0 Å². The van der Waals surface area contributed by atoms with Gasteiger partial charge >= 0.3 is 12.0 Å². The van der Waals surface area contributed by atoms with Crippen LogP contribution in [0.2, 0.25) is 0 Å². The van der Waals surface area contributed by atoms with Crippen molar-refractivity contribution in [2.24, 2.45) is 0 Å². The van der Waals surface area contributed by atoms with Crippen molar-refractivity contribution in [2.75, 3.05) is 37.6 Å². The number of nitrogens with zero attached hydrogens (tertiary/aromatic N) is 4. The van der Waals surface area contributed by atoms with Crippen molar-refractivity contribution in [1.29, 1.82) is 0 Å². The summed E-state index contributed by atoms with van der Waals surface area (Å²) in [7, 11) is 0. The number of rotatable bonds is 4. The van der Waals surface area contributed by atoms with Crippen molar-refractivity contribution in [3.8, 4) is 0 Å². The number of piperidine rings is 1. The van der Waals surface area contributed by atoms with E-state index in [4.69, 9.17) is 0 Å². The fraction of sp³-hybridized carbons (Fsp3) is 0.562. The topological polar surface area (TPSA) is 77.0 Å². The number of carbonyl (C=O) groups is 2. The predicted octanol–water partition coefficient (Wildman–Crippen LogP) is 1.51. The lowest BCUT2D eigenvalue weighted by atomic mass is 10.0. The molecule has 124 valence electrons. The summed E-state index contributed by atoms with van der Waals surface area (Å²) in [5.74, 6) is -0.426. The van der Waals surface area contributed by atoms with E-state index in [9.17, 15) is 14.7 Å². The highest BCUT2D eigenvalue weighted by molar-refractivity contribution is 5.93. The Balaban J connectivity index is 1.65. The number of urea groups is 1. The first-order chi connectivity index (χ1) is 11.1. The Morgan fingerprint density at radius 2 is 2.04 bits per heavy atom. The molecule has 0 radical (unpaired) electrons. The van der Waals surface area contributed by atoms with Crippen LogP contribution in [0.3, 0.4) is 0 Å². The third-order valence-corrected chi connectivity index (χ3v) is 4.73. The summed E-state index contributed by atoms with van der Waals surface area (Å²) in [6.45, 7) is 5.79. The van der Waals surface area contributed by atoms with Gasteiger partial charge < -0.3 is 19.8 Å². The van der Waals surface area contributed by atoms with Gasteiger partial charge in [0.25, 0.3) is 0 Å². The van der Waals surface area contributed by atoms with E-state index in [0.717, 1.165) is 45.6 Å². The molecule has 0 aromatic carbocycles. The summed E-state index contributed by atoms with van der Waals surface area (Å²) in [5.41, 5.74) is 0.236. The lowest BCUT2D eigenvalue weighted by Crippen LogP contribution is -2.47. The molecule has 0 spiro atoms. The van der Waals surface area contributed by atoms with Crippen LogP contribution in [0.15, 0.2) is 18.3 Å². The zero-order chi connectivity index (χ0) is 16.4. The van der Waals surface area contributed by atoms with Crippen molar-refractivity contribution in [1.82, 2.24) is 14.8 Å². The number of hydrogen-bond donors (Lipinski definition) is 1. The summed E-state index contributed by atoms with van der Waals surface area (Å²) >= 11 is 0. The van der Waals surface area contributed by atoms with Crippen LogP contribution in [-0.2, 0) is 0 Å². The minimum absolute atomic E-state index is 0.134. The van der Waals surface area contributed by atoms with Crippen molar-refractivity contribution in [3.63, 3.8) is 0 Å². The largest absolute Gasteiger partial charge is 0.478 e. The molecule has 0 saturated carbocycles. The summed E-state index contributed by atoms with van der Waals surface area (Å²) in [6, 6.07) is 3.60. The van der Waals surface area contributed by atoms with Crippen molar-refractivity contribution >= 4 is 17.8 Å². The fourth-order valence-electron chi connectivity index (χ4n) is 3.44. The van der Waals surface area contributed by atoms with Gasteiger partial charge in [-0.05, 0) is 31.9 Å². The molecule has 0 bridgehead atoms. The zero-order valence-corrected chi connectivity index (χ0v) is 13.3. The molecule has 0 unspecified atom stereocenters. The molecule has 2 saturated heterocycles. The van der Waals surface area contributed by atoms with Gasteiger partial charge in [0.1, 0.15) is 11.4 Å². The summed E-state index contributed by atoms with van der Waals surface area (Å²) in [4.78, 5) is 33.7. The predicted molar refractivity (Wildman–Crippen MR) is 85.8 cm³/mol. The maximum atomic E-state index is 12.3. The van der Waals surface area contributed by atoms with Crippen LogP contribution < -0.4 is 4.90 Å². The van der Waals surface area contributed by atoms with Gasteiger partial charge in [-0.15, -0.1) is 0 Å². The van der Waals surface area contributed by atoms with Gasteiger partial charge in [-0.3, -0.25) is 0 Å². The maximum Gasteiger partial charge on any atom is 0.339 e. The number of pyridine rings is 1. The molecule has 0 aliphatic carbocycles. The molecule has 23 heavy (non-hydrogen) atoms. The molecule has 1 N–H and O–H groups in total. The molecule has 1 aromatic rings. The number of carbonyl (C=O) groups excluding carboxylic acids is 1. The Bertz CT molecular complexity index is 599. The van der Waals surface area contributed by atoms with E-state index in [2.05, 4.69) is 4.98 Å². The molecule has 7 nitrogen and oxygen atoms in total. The Morgan fingerprint density at radius 1 is 1.30 bits per heavy atom. The van der Waals surface area contributed by atoms with Gasteiger partial charge in [0.05, 0.1) is 0 Å². The fourth-order valence-corrected chi connectivity index (χ4v) is 3.44. The van der Waals surface area contributed by atoms with Gasteiger partial charge in [-0.25, -0.2) is 14.6 Å². The van der Waals surface area contributed by atoms with Crippen LogP contribution in [0.4, 0.5) is 10.6 Å². The van der Waals surface area contributed by atoms with E-state index in [1.54, 1.807) is 18.3 Å². The molecule has 2 aliphatic heterocycles. The third-order valence-electron chi connectivity index (χ3n) is 4.73. The molecule has 2 aliphatic rings. The molecule has 3 heterocycles. The Morgan fingerprint density at radius 3 is 2.65 bits per heavy atom. The highest BCUT2D eigenvalue weighted by Gasteiger charge is 2.35. The quantitative estimate of drug-likeness (QED) is 0.910. The van der Waals surface area contributed by atoms with E-state index in [1.807, 2.05) is 21.6 Å². The van der Waals surface area contributed by atoms with Crippen molar-refractivity contribution in [2.45, 2.75) is 25.8 Å². The molecule has 7 heteroatoms. The second-order valence-electron chi connectivity index (χ2n) is 5.95. The van der Waals surface area contributed by atoms with Gasteiger partial charge in [0.2, 0.25) is 0 Å². The second-order valence-corrected chi connectivity index (χ2v) is 5.95. The first-order valence-corrected chi connectivity index (χ1v) is 8.10. The lowest BCUT2D eigenvalue weighted by molar-refractivity contribution is 0.0697. The highest BCUT2D eigenvalue weighted by atomic mass is 16.4. The Kier molecular flexibility index (Phi) is 4.36. The average molecular weight is 318 g/mol. The van der Waals surface area contributed by atoms with E-state index < -0.39 is 5.97 Å². The lowest BCUT2D eigenvalue weighted by Gasteiger charge is -2.37. The number of likely N-dealkylation sites (N-methyl/N-ethyl adjacent to an activating group) is 1. The SMILES string of the molecule is CCN1CCN(C2CCN(c3ncccc3C(=O)O)CC2)C1=O. The smallest absolute Gasteiger partial charge is 0.339 e. The van der Waals surface area contributed by atoms with Gasteiger partial charge in [-0.1, -0.05) is 0 Å². The van der Waals surface area contributed by atoms with Gasteiger partial charge in [0, 0.05) is 45.0 Å². The summed E-state index contributed by atoms with van der Waals surface area (Å²) < 4.78 is 0. The molecule has 3 rings (SSSR count). The van der Waals surface area contributed by atoms with Crippen LogP contribution in [0.1, 0.15) is 30.1 Å². The Labute approximate surface area is 135 Å². The zero-order valence-electron chi connectivity index (χ0n) is 13.3. The highest BCUT2D eigenvalue weighted by Crippen LogP contribution is 2.25. The number of aromatic carboxylic acids is 1. The Hall–Kier alpha value is -2.31. The maximum absolute atomic E-state index is 12.3. The van der Waals surface area contributed by atoms with Crippen LogP contribution in [0.5, 0.6) is 0 Å². The first kappa shape index (κ1) is 15.6. The third kappa shape index (κ3) is 2.95. The van der Waals surface area contributed by atoms with Gasteiger partial charge in [-0.2, -0.15) is 0 Å². The normalized spacial score (nSPS) is 19.5. The van der Waals surface area contributed by atoms with Crippen LogP contribution in [0, 0.1) is 0 Å². The van der Waals surface area contributed by atoms with Crippen LogP contribution in [-0.4, -0.2) is 70.7 Å². The summed E-state index contributed by atoms with van der Waals surface area (Å²) in [5, 5.41) is 9.29. The first-order valence-electron chi connectivity index (χ1n) is 8.10. The van der Waals surface area contributed by atoms with E-state index in [0.29, 0.717) is 5.82 Å². The number of anilines is 1. The van der Waals surface area contributed by atoms with Crippen LogP contribution in [0.25, 0.3) is 0 Å². The molecular weight excluding hydrogens is 296 g/mol. The van der Waals surface area contributed by atoms with Crippen LogP contribution >= 0.6 is 0 Å². The molecular formula is C16H22N4O3. The minimum Gasteiger partial charge on any atom is -0.478 e. The van der Waals surface area contributed by atoms with Crippen molar-refractivity contribution in [3.05, 3.63) is 23.9 Å². The number of aromatic nitrogens is 1. The molecule has 2 amide bonds. The molecule has 0 atom stereocenters. The number of carboxylic acid groups (broad SMARTS) is 1. The number of carboxylic acids is 1. The number of amides is 2. The van der Waals surface area contributed by atoms with Gasteiger partial charge in [0.15, 0.2) is 0 Å². The molecule has 1 aromatic heterocycles. The van der Waals surface area contributed by atoms with E-state index in [1.165, 1.54) is 0 Å². The van der Waals surface area contributed by atoms with Crippen molar-refractivity contribution < 1.29 is 14.7 Å².